The Labute approximate surface area is 163 Å². The molecule has 0 aromatic heterocycles. The largest absolute Gasteiger partial charge is 0.362 e. The van der Waals surface area contributed by atoms with Gasteiger partial charge in [-0.3, -0.25) is 14.9 Å². The summed E-state index contributed by atoms with van der Waals surface area (Å²) in [6, 6.07) is 12.1. The number of hydrogen-bond donors (Lipinski definition) is 0. The molecule has 0 radical (unpaired) electrons. The van der Waals surface area contributed by atoms with Crippen molar-refractivity contribution in [3.63, 3.8) is 0 Å². The van der Waals surface area contributed by atoms with Gasteiger partial charge in [-0.2, -0.15) is 0 Å². The Kier molecular flexibility index (Phi) is 5.43. The molecular formula is C17H15ClIN3O3. The Hall–Kier alpha value is -1.87. The second-order valence-corrected chi connectivity index (χ2v) is 7.36. The number of rotatable bonds is 3. The van der Waals surface area contributed by atoms with Crippen LogP contribution in [0.25, 0.3) is 0 Å². The SMILES string of the molecule is O=C(c1cccc(I)c1)N1CCN(c2ccc(Cl)cc2[N+](=O)[O-])CC1. The van der Waals surface area contributed by atoms with E-state index in [0.717, 1.165) is 3.57 Å². The van der Waals surface area contributed by atoms with E-state index in [9.17, 15) is 14.9 Å². The third-order valence-corrected chi connectivity index (χ3v) is 5.02. The Balaban J connectivity index is 1.72. The first kappa shape index (κ1) is 17.9. The van der Waals surface area contributed by atoms with Crippen LogP contribution in [0, 0.1) is 13.7 Å². The number of nitro groups is 1. The maximum Gasteiger partial charge on any atom is 0.294 e. The van der Waals surface area contributed by atoms with Gasteiger partial charge in [-0.25, -0.2) is 0 Å². The molecule has 0 atom stereocenters. The highest BCUT2D eigenvalue weighted by molar-refractivity contribution is 14.1. The van der Waals surface area contributed by atoms with Gasteiger partial charge in [-0.15, -0.1) is 0 Å². The minimum Gasteiger partial charge on any atom is -0.362 e. The van der Waals surface area contributed by atoms with Crippen LogP contribution in [-0.4, -0.2) is 41.9 Å². The van der Waals surface area contributed by atoms with E-state index < -0.39 is 4.92 Å². The lowest BCUT2D eigenvalue weighted by Gasteiger charge is -2.35. The minimum absolute atomic E-state index is 0.00936. The maximum atomic E-state index is 12.6. The molecule has 8 heteroatoms. The van der Waals surface area contributed by atoms with Gasteiger partial charge < -0.3 is 9.80 Å². The summed E-state index contributed by atoms with van der Waals surface area (Å²) in [6.45, 7) is 2.12. The lowest BCUT2D eigenvalue weighted by molar-refractivity contribution is -0.384. The molecule has 0 saturated carbocycles. The normalized spacial score (nSPS) is 14.5. The molecule has 25 heavy (non-hydrogen) atoms. The van der Waals surface area contributed by atoms with Crippen molar-refractivity contribution < 1.29 is 9.72 Å². The van der Waals surface area contributed by atoms with Crippen molar-refractivity contribution in [2.45, 2.75) is 0 Å². The van der Waals surface area contributed by atoms with Gasteiger partial charge in [0.25, 0.3) is 11.6 Å². The molecule has 6 nitrogen and oxygen atoms in total. The Bertz CT molecular complexity index is 823. The van der Waals surface area contributed by atoms with Gasteiger partial charge in [-0.1, -0.05) is 17.7 Å². The van der Waals surface area contributed by atoms with E-state index in [1.165, 1.54) is 6.07 Å². The average Bonchev–Trinajstić information content (AvgIpc) is 2.61. The highest BCUT2D eigenvalue weighted by atomic mass is 127. The first-order valence-corrected chi connectivity index (χ1v) is 9.15. The molecule has 1 aliphatic heterocycles. The number of anilines is 1. The van der Waals surface area contributed by atoms with Crippen molar-refractivity contribution in [1.82, 2.24) is 4.90 Å². The molecule has 2 aromatic rings. The zero-order valence-electron chi connectivity index (χ0n) is 13.2. The molecule has 1 amide bonds. The molecule has 1 fully saturated rings. The van der Waals surface area contributed by atoms with Crippen molar-refractivity contribution in [1.29, 1.82) is 0 Å². The van der Waals surface area contributed by atoms with E-state index in [-0.39, 0.29) is 11.6 Å². The lowest BCUT2D eigenvalue weighted by Crippen LogP contribution is -2.49. The first-order valence-electron chi connectivity index (χ1n) is 7.69. The van der Waals surface area contributed by atoms with Gasteiger partial charge >= 0.3 is 0 Å². The number of amides is 1. The highest BCUT2D eigenvalue weighted by Gasteiger charge is 2.26. The predicted octanol–water partition coefficient (Wildman–Crippen LogP) is 3.82. The summed E-state index contributed by atoms with van der Waals surface area (Å²) in [6.07, 6.45) is 0. The van der Waals surface area contributed by atoms with Crippen LogP contribution >= 0.6 is 34.2 Å². The summed E-state index contributed by atoms with van der Waals surface area (Å²) < 4.78 is 1.01. The average molecular weight is 472 g/mol. The van der Waals surface area contributed by atoms with Gasteiger partial charge in [0.1, 0.15) is 5.69 Å². The van der Waals surface area contributed by atoms with E-state index in [1.807, 2.05) is 23.1 Å². The van der Waals surface area contributed by atoms with E-state index in [2.05, 4.69) is 22.6 Å². The van der Waals surface area contributed by atoms with E-state index >= 15 is 0 Å². The standard InChI is InChI=1S/C17H15ClIN3O3/c18-13-4-5-15(16(11-13)22(24)25)20-6-8-21(9-7-20)17(23)12-2-1-3-14(19)10-12/h1-5,10-11H,6-9H2. The van der Waals surface area contributed by atoms with Gasteiger partial charge in [-0.05, 0) is 52.9 Å². The molecule has 3 rings (SSSR count). The zero-order chi connectivity index (χ0) is 18.0. The van der Waals surface area contributed by atoms with E-state index in [1.54, 1.807) is 23.1 Å². The van der Waals surface area contributed by atoms with Crippen LogP contribution in [0.4, 0.5) is 11.4 Å². The van der Waals surface area contributed by atoms with Crippen molar-refractivity contribution in [2.75, 3.05) is 31.1 Å². The summed E-state index contributed by atoms with van der Waals surface area (Å²) in [5.74, 6) is -0.0104. The Morgan fingerprint density at radius 1 is 1.12 bits per heavy atom. The van der Waals surface area contributed by atoms with Crippen LogP contribution in [0.3, 0.4) is 0 Å². The van der Waals surface area contributed by atoms with E-state index in [0.29, 0.717) is 42.5 Å². The number of halogens is 2. The lowest BCUT2D eigenvalue weighted by atomic mass is 10.1. The zero-order valence-corrected chi connectivity index (χ0v) is 16.1. The molecule has 130 valence electrons. The van der Waals surface area contributed by atoms with Crippen LogP contribution < -0.4 is 4.90 Å². The van der Waals surface area contributed by atoms with E-state index in [4.69, 9.17) is 11.6 Å². The molecule has 0 unspecified atom stereocenters. The number of carbonyl (C=O) groups is 1. The van der Waals surface area contributed by atoms with Crippen LogP contribution in [-0.2, 0) is 0 Å². The quantitative estimate of drug-likeness (QED) is 0.388. The number of nitro benzene ring substituents is 1. The number of piperazine rings is 1. The Morgan fingerprint density at radius 3 is 2.48 bits per heavy atom. The number of hydrogen-bond acceptors (Lipinski definition) is 4. The fourth-order valence-corrected chi connectivity index (χ4v) is 3.57. The van der Waals surface area contributed by atoms with Crippen LogP contribution in [0.15, 0.2) is 42.5 Å². The van der Waals surface area contributed by atoms with Crippen LogP contribution in [0.5, 0.6) is 0 Å². The van der Waals surface area contributed by atoms with Crippen molar-refractivity contribution in [2.24, 2.45) is 0 Å². The fourth-order valence-electron chi connectivity index (χ4n) is 2.86. The topological polar surface area (TPSA) is 66.7 Å². The summed E-state index contributed by atoms with van der Waals surface area (Å²) in [4.78, 5) is 27.1. The maximum absolute atomic E-state index is 12.6. The number of benzene rings is 2. The van der Waals surface area contributed by atoms with Gasteiger partial charge in [0.05, 0.1) is 4.92 Å². The third-order valence-electron chi connectivity index (χ3n) is 4.11. The first-order chi connectivity index (χ1) is 12.0. The predicted molar refractivity (Wildman–Crippen MR) is 105 cm³/mol. The Morgan fingerprint density at radius 2 is 1.84 bits per heavy atom. The number of carbonyl (C=O) groups excluding carboxylic acids is 1. The van der Waals surface area contributed by atoms with Crippen LogP contribution in [0.2, 0.25) is 5.02 Å². The molecule has 1 saturated heterocycles. The molecule has 0 aliphatic carbocycles. The van der Waals surface area contributed by atoms with Gasteiger partial charge in [0.2, 0.25) is 0 Å². The van der Waals surface area contributed by atoms with Crippen molar-refractivity contribution in [3.8, 4) is 0 Å². The molecule has 0 bridgehead atoms. The van der Waals surface area contributed by atoms with Gasteiger partial charge in [0, 0.05) is 46.4 Å². The molecular weight excluding hydrogens is 457 g/mol. The fraction of sp³-hybridized carbons (Fsp3) is 0.235. The van der Waals surface area contributed by atoms with Crippen molar-refractivity contribution in [3.05, 3.63) is 66.7 Å². The molecule has 1 aliphatic rings. The molecule has 1 heterocycles. The number of nitrogens with zero attached hydrogens (tertiary/aromatic N) is 3. The second kappa shape index (κ2) is 7.57. The minimum atomic E-state index is -0.426. The summed E-state index contributed by atoms with van der Waals surface area (Å²) in [5, 5.41) is 11.6. The second-order valence-electron chi connectivity index (χ2n) is 5.68. The molecule has 0 N–H and O–H groups in total. The monoisotopic (exact) mass is 471 g/mol. The van der Waals surface area contributed by atoms with Gasteiger partial charge in [0.15, 0.2) is 0 Å². The molecule has 2 aromatic carbocycles. The summed E-state index contributed by atoms with van der Waals surface area (Å²) in [5.41, 5.74) is 1.19. The summed E-state index contributed by atoms with van der Waals surface area (Å²) in [7, 11) is 0. The molecule has 0 spiro atoms. The summed E-state index contributed by atoms with van der Waals surface area (Å²) >= 11 is 8.05. The highest BCUT2D eigenvalue weighted by Crippen LogP contribution is 2.31. The smallest absolute Gasteiger partial charge is 0.294 e. The third kappa shape index (κ3) is 4.04. The van der Waals surface area contributed by atoms with Crippen LogP contribution in [0.1, 0.15) is 10.4 Å². The van der Waals surface area contributed by atoms with Crippen molar-refractivity contribution >= 4 is 51.5 Å².